The Kier molecular flexibility index (Phi) is 4.52. The molecule has 0 fully saturated rings. The summed E-state index contributed by atoms with van der Waals surface area (Å²) in [4.78, 5) is 6.25. The fraction of sp³-hybridized carbons (Fsp3) is 0.429. The van der Waals surface area contributed by atoms with Gasteiger partial charge in [-0.2, -0.15) is 4.98 Å². The molecule has 7 nitrogen and oxygen atoms in total. The lowest BCUT2D eigenvalue weighted by Gasteiger charge is -2.20. The molecule has 0 bridgehead atoms. The van der Waals surface area contributed by atoms with Gasteiger partial charge in [-0.25, -0.2) is 13.1 Å². The van der Waals surface area contributed by atoms with E-state index in [0.717, 1.165) is 11.9 Å². The molecule has 0 radical (unpaired) electrons. The first kappa shape index (κ1) is 16.4. The van der Waals surface area contributed by atoms with Gasteiger partial charge in [0.25, 0.3) is 0 Å². The van der Waals surface area contributed by atoms with Gasteiger partial charge < -0.3 is 9.42 Å². The quantitative estimate of drug-likeness (QED) is 0.866. The Morgan fingerprint density at radius 1 is 1.27 bits per heavy atom. The molecule has 1 aromatic carbocycles. The van der Waals surface area contributed by atoms with Gasteiger partial charge >= 0.3 is 0 Å². The lowest BCUT2D eigenvalue weighted by molar-refractivity contribution is 0.354. The summed E-state index contributed by atoms with van der Waals surface area (Å²) in [5.74, 6) is 0.721. The lowest BCUT2D eigenvalue weighted by atomic mass is 10.1. The summed E-state index contributed by atoms with van der Waals surface area (Å²) in [6.07, 6.45) is 1.10. The molecule has 22 heavy (non-hydrogen) atoms. The summed E-state index contributed by atoms with van der Waals surface area (Å²) >= 11 is 0. The normalized spacial score (nSPS) is 12.4. The third-order valence-electron chi connectivity index (χ3n) is 3.04. The molecule has 0 saturated heterocycles. The second-order valence-electron chi connectivity index (χ2n) is 5.70. The van der Waals surface area contributed by atoms with Gasteiger partial charge in [0.2, 0.25) is 15.9 Å². The fourth-order valence-electron chi connectivity index (χ4n) is 2.06. The number of sulfonamides is 1. The fourth-order valence-corrected chi connectivity index (χ4v) is 3.08. The van der Waals surface area contributed by atoms with E-state index in [1.54, 1.807) is 13.8 Å². The van der Waals surface area contributed by atoms with Crippen molar-refractivity contribution in [2.45, 2.75) is 25.9 Å². The van der Waals surface area contributed by atoms with Gasteiger partial charge in [-0.15, -0.1) is 0 Å². The maximum atomic E-state index is 11.4. The maximum Gasteiger partial charge on any atom is 0.246 e. The van der Waals surface area contributed by atoms with Crippen LogP contribution >= 0.6 is 0 Å². The number of hydrogen-bond donors (Lipinski definition) is 1. The first-order chi connectivity index (χ1) is 10.2. The van der Waals surface area contributed by atoms with Crippen molar-refractivity contribution in [3.8, 4) is 0 Å². The Morgan fingerprint density at radius 2 is 1.91 bits per heavy atom. The van der Waals surface area contributed by atoms with Crippen molar-refractivity contribution < 1.29 is 12.9 Å². The van der Waals surface area contributed by atoms with E-state index < -0.39 is 15.6 Å². The van der Waals surface area contributed by atoms with Crippen LogP contribution in [0.25, 0.3) is 0 Å². The van der Waals surface area contributed by atoms with Crippen LogP contribution in [0, 0.1) is 0 Å². The van der Waals surface area contributed by atoms with Gasteiger partial charge in [-0.3, -0.25) is 0 Å². The highest BCUT2D eigenvalue weighted by molar-refractivity contribution is 7.88. The summed E-state index contributed by atoms with van der Waals surface area (Å²) < 4.78 is 30.5. The molecule has 1 heterocycles. The van der Waals surface area contributed by atoms with Crippen LogP contribution in [-0.4, -0.2) is 31.9 Å². The van der Waals surface area contributed by atoms with Crippen molar-refractivity contribution >= 4 is 15.7 Å². The predicted molar refractivity (Wildman–Crippen MR) is 83.9 cm³/mol. The standard InChI is InChI=1S/C14H20N4O3S/c1-14(2,17-22(4,19)20)13-15-12(21-16-13)10-18(3)11-8-6-5-7-9-11/h5-9,17H,10H2,1-4H3. The number of nitrogens with zero attached hydrogens (tertiary/aromatic N) is 3. The summed E-state index contributed by atoms with van der Waals surface area (Å²) in [5.41, 5.74) is 0.0940. The lowest BCUT2D eigenvalue weighted by Crippen LogP contribution is -2.41. The summed E-state index contributed by atoms with van der Waals surface area (Å²) in [6, 6.07) is 9.80. The van der Waals surface area contributed by atoms with Crippen molar-refractivity contribution in [1.82, 2.24) is 14.9 Å². The molecule has 2 rings (SSSR count). The topological polar surface area (TPSA) is 88.3 Å². The van der Waals surface area contributed by atoms with Gasteiger partial charge in [0.05, 0.1) is 18.3 Å². The molecule has 0 saturated carbocycles. The maximum absolute atomic E-state index is 11.4. The Balaban J connectivity index is 2.12. The van der Waals surface area contributed by atoms with Crippen molar-refractivity contribution in [3.05, 3.63) is 42.0 Å². The number of aromatic nitrogens is 2. The van der Waals surface area contributed by atoms with Crippen LogP contribution in [0.1, 0.15) is 25.6 Å². The smallest absolute Gasteiger partial charge is 0.246 e. The molecule has 0 spiro atoms. The van der Waals surface area contributed by atoms with Crippen LogP contribution in [0.2, 0.25) is 0 Å². The van der Waals surface area contributed by atoms with Crippen LogP contribution < -0.4 is 9.62 Å². The van der Waals surface area contributed by atoms with Gasteiger partial charge in [-0.1, -0.05) is 23.4 Å². The number of hydrogen-bond acceptors (Lipinski definition) is 6. The minimum absolute atomic E-state index is 0.300. The molecule has 120 valence electrons. The van der Waals surface area contributed by atoms with Gasteiger partial charge in [0, 0.05) is 12.7 Å². The molecule has 0 aliphatic heterocycles. The zero-order chi connectivity index (χ0) is 16.4. The number of anilines is 1. The SMILES string of the molecule is CN(Cc1nc(C(C)(C)NS(C)(=O)=O)no1)c1ccccc1. The zero-order valence-corrected chi connectivity index (χ0v) is 13.9. The molecular weight excluding hydrogens is 304 g/mol. The third kappa shape index (κ3) is 4.28. The molecular formula is C14H20N4O3S. The summed E-state index contributed by atoms with van der Waals surface area (Å²) in [7, 11) is -1.45. The monoisotopic (exact) mass is 324 g/mol. The van der Waals surface area contributed by atoms with E-state index in [2.05, 4.69) is 14.9 Å². The molecule has 2 aromatic rings. The van der Waals surface area contributed by atoms with E-state index in [1.807, 2.05) is 42.3 Å². The second kappa shape index (κ2) is 6.05. The Hall–Kier alpha value is -1.93. The van der Waals surface area contributed by atoms with E-state index >= 15 is 0 Å². The minimum atomic E-state index is -3.37. The van der Waals surface area contributed by atoms with Gasteiger partial charge in [0.1, 0.15) is 0 Å². The van der Waals surface area contributed by atoms with Crippen molar-refractivity contribution in [3.63, 3.8) is 0 Å². The Labute approximate surface area is 130 Å². The van der Waals surface area contributed by atoms with Crippen LogP contribution in [0.5, 0.6) is 0 Å². The number of para-hydroxylation sites is 1. The first-order valence-electron chi connectivity index (χ1n) is 6.75. The molecule has 1 aromatic heterocycles. The molecule has 0 unspecified atom stereocenters. The highest BCUT2D eigenvalue weighted by Gasteiger charge is 2.30. The predicted octanol–water partition coefficient (Wildman–Crippen LogP) is 1.49. The van der Waals surface area contributed by atoms with Crippen LogP contribution in [-0.2, 0) is 22.1 Å². The van der Waals surface area contributed by atoms with Crippen molar-refractivity contribution in [2.24, 2.45) is 0 Å². The summed E-state index contributed by atoms with van der Waals surface area (Å²) in [5, 5.41) is 3.88. The summed E-state index contributed by atoms with van der Waals surface area (Å²) in [6.45, 7) is 3.80. The molecule has 8 heteroatoms. The van der Waals surface area contributed by atoms with Gasteiger partial charge in [0.15, 0.2) is 5.82 Å². The third-order valence-corrected chi connectivity index (χ3v) is 3.92. The van der Waals surface area contributed by atoms with Crippen LogP contribution in [0.3, 0.4) is 0 Å². The largest absolute Gasteiger partial charge is 0.365 e. The van der Waals surface area contributed by atoms with Crippen LogP contribution in [0.15, 0.2) is 34.9 Å². The van der Waals surface area contributed by atoms with E-state index in [4.69, 9.17) is 4.52 Å². The Bertz CT molecular complexity index is 726. The molecule has 0 amide bonds. The highest BCUT2D eigenvalue weighted by Crippen LogP contribution is 2.19. The molecule has 0 aliphatic rings. The zero-order valence-electron chi connectivity index (χ0n) is 13.1. The van der Waals surface area contributed by atoms with E-state index in [1.165, 1.54) is 0 Å². The average molecular weight is 324 g/mol. The molecule has 0 aliphatic carbocycles. The highest BCUT2D eigenvalue weighted by atomic mass is 32.2. The van der Waals surface area contributed by atoms with E-state index in [9.17, 15) is 8.42 Å². The van der Waals surface area contributed by atoms with Crippen LogP contribution in [0.4, 0.5) is 5.69 Å². The van der Waals surface area contributed by atoms with E-state index in [-0.39, 0.29) is 0 Å². The number of benzene rings is 1. The molecule has 0 atom stereocenters. The van der Waals surface area contributed by atoms with Gasteiger partial charge in [-0.05, 0) is 26.0 Å². The number of nitrogens with one attached hydrogen (secondary N) is 1. The minimum Gasteiger partial charge on any atom is -0.365 e. The number of rotatable bonds is 6. The van der Waals surface area contributed by atoms with Crippen molar-refractivity contribution in [2.75, 3.05) is 18.2 Å². The Morgan fingerprint density at radius 3 is 2.50 bits per heavy atom. The first-order valence-corrected chi connectivity index (χ1v) is 8.65. The second-order valence-corrected chi connectivity index (χ2v) is 7.45. The average Bonchev–Trinajstić information content (AvgIpc) is 2.86. The van der Waals surface area contributed by atoms with Crippen molar-refractivity contribution in [1.29, 1.82) is 0 Å². The molecule has 1 N–H and O–H groups in total. The van der Waals surface area contributed by atoms with E-state index in [0.29, 0.717) is 18.3 Å².